The van der Waals surface area contributed by atoms with Crippen LogP contribution in [0.25, 0.3) is 0 Å². The number of rotatable bonds is 11. The van der Waals surface area contributed by atoms with Gasteiger partial charge in [0, 0.05) is 28.7 Å². The Hall–Kier alpha value is -2.43. The van der Waals surface area contributed by atoms with E-state index in [1.807, 2.05) is 13.8 Å². The topological polar surface area (TPSA) is 86.8 Å². The van der Waals surface area contributed by atoms with E-state index in [9.17, 15) is 26.8 Å². The quantitative estimate of drug-likeness (QED) is 0.427. The number of hydrogen-bond donors (Lipinski definition) is 1. The van der Waals surface area contributed by atoms with Gasteiger partial charge in [-0.1, -0.05) is 43.1 Å². The number of nitrogens with one attached hydrogen (secondary N) is 1. The van der Waals surface area contributed by atoms with Gasteiger partial charge >= 0.3 is 0 Å². The van der Waals surface area contributed by atoms with Crippen molar-refractivity contribution < 1.29 is 26.8 Å². The Labute approximate surface area is 220 Å². The molecule has 0 aliphatic carbocycles. The molecule has 0 bridgehead atoms. The van der Waals surface area contributed by atoms with Crippen LogP contribution in [0.4, 0.5) is 14.5 Å². The first-order chi connectivity index (χ1) is 16.8. The van der Waals surface area contributed by atoms with Crippen LogP contribution in [0.3, 0.4) is 0 Å². The second kappa shape index (κ2) is 12.7. The highest BCUT2D eigenvalue weighted by atomic mass is 35.5. The second-order valence-electron chi connectivity index (χ2n) is 8.37. The number of nitrogens with zero attached hydrogens (tertiary/aromatic N) is 2. The van der Waals surface area contributed by atoms with Crippen molar-refractivity contribution >= 4 is 50.7 Å². The van der Waals surface area contributed by atoms with Crippen molar-refractivity contribution in [3.8, 4) is 0 Å². The number of carbonyl (C=O) groups is 2. The summed E-state index contributed by atoms with van der Waals surface area (Å²) in [6.45, 7) is 4.57. The van der Waals surface area contributed by atoms with Crippen LogP contribution in [0.15, 0.2) is 36.4 Å². The van der Waals surface area contributed by atoms with E-state index in [1.54, 1.807) is 19.1 Å². The van der Waals surface area contributed by atoms with E-state index in [-0.39, 0.29) is 29.7 Å². The molecule has 2 atom stereocenters. The van der Waals surface area contributed by atoms with Crippen molar-refractivity contribution in [2.24, 2.45) is 0 Å². The Balaban J connectivity index is 2.50. The van der Waals surface area contributed by atoms with Crippen LogP contribution in [-0.4, -0.2) is 50.0 Å². The summed E-state index contributed by atoms with van der Waals surface area (Å²) in [5, 5.41) is 3.49. The molecule has 0 saturated heterocycles. The maximum absolute atomic E-state index is 13.9. The third kappa shape index (κ3) is 7.78. The fourth-order valence-corrected chi connectivity index (χ4v) is 4.76. The molecule has 0 heterocycles. The molecule has 2 amide bonds. The highest BCUT2D eigenvalue weighted by molar-refractivity contribution is 7.92. The standard InChI is InChI=1S/C24H29Cl2F2N3O4S/c1-5-15(3)29-24(33)22(6-2)30(13-16-7-8-17(25)11-19(16)26)23(32)14-31(36(4,34)35)18-9-10-20(27)21(28)12-18/h7-12,15,22H,5-6,13-14H2,1-4H3,(H,29,33)/t15-,22+/m1/s1. The van der Waals surface area contributed by atoms with Crippen LogP contribution in [0.5, 0.6) is 0 Å². The van der Waals surface area contributed by atoms with Gasteiger partial charge in [0.05, 0.1) is 11.9 Å². The third-order valence-electron chi connectivity index (χ3n) is 5.61. The number of amides is 2. The molecule has 2 aromatic rings. The molecule has 0 saturated carbocycles. The van der Waals surface area contributed by atoms with E-state index in [2.05, 4.69) is 5.32 Å². The average molecular weight is 564 g/mol. The Morgan fingerprint density at radius 2 is 1.69 bits per heavy atom. The normalized spacial score (nSPS) is 13.1. The predicted octanol–water partition coefficient (Wildman–Crippen LogP) is 4.76. The first-order valence-corrected chi connectivity index (χ1v) is 13.8. The van der Waals surface area contributed by atoms with Crippen molar-refractivity contribution in [2.45, 2.75) is 52.2 Å². The van der Waals surface area contributed by atoms with Gasteiger partial charge in [0.1, 0.15) is 12.6 Å². The van der Waals surface area contributed by atoms with Gasteiger partial charge < -0.3 is 10.2 Å². The van der Waals surface area contributed by atoms with E-state index in [0.717, 1.165) is 18.4 Å². The van der Waals surface area contributed by atoms with E-state index < -0.39 is 46.1 Å². The zero-order chi connectivity index (χ0) is 27.2. The number of halogens is 4. The monoisotopic (exact) mass is 563 g/mol. The van der Waals surface area contributed by atoms with Gasteiger partial charge in [-0.3, -0.25) is 13.9 Å². The van der Waals surface area contributed by atoms with Gasteiger partial charge in [-0.15, -0.1) is 0 Å². The van der Waals surface area contributed by atoms with Crippen molar-refractivity contribution in [3.63, 3.8) is 0 Å². The maximum atomic E-state index is 13.9. The fourth-order valence-electron chi connectivity index (χ4n) is 3.45. The van der Waals surface area contributed by atoms with Gasteiger partial charge in [-0.25, -0.2) is 17.2 Å². The van der Waals surface area contributed by atoms with Crippen molar-refractivity contribution in [2.75, 3.05) is 17.1 Å². The minimum Gasteiger partial charge on any atom is -0.352 e. The minimum absolute atomic E-state index is 0.114. The van der Waals surface area contributed by atoms with Gasteiger partial charge in [0.15, 0.2) is 11.6 Å². The van der Waals surface area contributed by atoms with E-state index in [0.29, 0.717) is 27.4 Å². The maximum Gasteiger partial charge on any atom is 0.244 e. The zero-order valence-corrected chi connectivity index (χ0v) is 22.7. The summed E-state index contributed by atoms with van der Waals surface area (Å²) >= 11 is 12.3. The smallest absolute Gasteiger partial charge is 0.244 e. The molecule has 2 rings (SSSR count). The molecule has 0 radical (unpaired) electrons. The molecule has 7 nitrogen and oxygen atoms in total. The van der Waals surface area contributed by atoms with E-state index in [1.165, 1.54) is 11.0 Å². The number of anilines is 1. The molecule has 0 aliphatic rings. The molecule has 0 unspecified atom stereocenters. The molecule has 0 spiro atoms. The molecule has 198 valence electrons. The lowest BCUT2D eigenvalue weighted by Gasteiger charge is -2.33. The highest BCUT2D eigenvalue weighted by Crippen LogP contribution is 2.25. The van der Waals surface area contributed by atoms with Crippen LogP contribution in [0.1, 0.15) is 39.2 Å². The van der Waals surface area contributed by atoms with Gasteiger partial charge in [0.25, 0.3) is 0 Å². The Kier molecular flexibility index (Phi) is 10.5. The van der Waals surface area contributed by atoms with Gasteiger partial charge in [0.2, 0.25) is 21.8 Å². The lowest BCUT2D eigenvalue weighted by atomic mass is 10.1. The lowest BCUT2D eigenvalue weighted by Crippen LogP contribution is -2.53. The molecular formula is C24H29Cl2F2N3O4S. The summed E-state index contributed by atoms with van der Waals surface area (Å²) in [6, 6.07) is 6.08. The summed E-state index contributed by atoms with van der Waals surface area (Å²) in [6.07, 6.45) is 1.73. The molecule has 36 heavy (non-hydrogen) atoms. The number of carbonyl (C=O) groups excluding carboxylic acids is 2. The summed E-state index contributed by atoms with van der Waals surface area (Å²) in [5.74, 6) is -3.57. The Morgan fingerprint density at radius 3 is 2.22 bits per heavy atom. The van der Waals surface area contributed by atoms with Crippen LogP contribution in [0, 0.1) is 11.6 Å². The number of benzene rings is 2. The molecular weight excluding hydrogens is 535 g/mol. The summed E-state index contributed by atoms with van der Waals surface area (Å²) in [4.78, 5) is 27.9. The van der Waals surface area contributed by atoms with Gasteiger partial charge in [-0.2, -0.15) is 0 Å². The van der Waals surface area contributed by atoms with E-state index in [4.69, 9.17) is 23.2 Å². The molecule has 12 heteroatoms. The average Bonchev–Trinajstić information content (AvgIpc) is 2.79. The Morgan fingerprint density at radius 1 is 1.03 bits per heavy atom. The fraction of sp³-hybridized carbons (Fsp3) is 0.417. The van der Waals surface area contributed by atoms with E-state index >= 15 is 0 Å². The van der Waals surface area contributed by atoms with Crippen molar-refractivity contribution in [3.05, 3.63) is 63.6 Å². The van der Waals surface area contributed by atoms with Crippen LogP contribution in [0.2, 0.25) is 10.0 Å². The summed E-state index contributed by atoms with van der Waals surface area (Å²) in [7, 11) is -4.09. The van der Waals surface area contributed by atoms with Crippen molar-refractivity contribution in [1.82, 2.24) is 10.2 Å². The first-order valence-electron chi connectivity index (χ1n) is 11.2. The molecule has 0 aliphatic heterocycles. The second-order valence-corrected chi connectivity index (χ2v) is 11.1. The number of sulfonamides is 1. The van der Waals surface area contributed by atoms with Crippen molar-refractivity contribution in [1.29, 1.82) is 0 Å². The molecule has 1 N–H and O–H groups in total. The molecule has 0 fully saturated rings. The lowest BCUT2D eigenvalue weighted by molar-refractivity contribution is -0.140. The first kappa shape index (κ1) is 29.8. The predicted molar refractivity (Wildman–Crippen MR) is 138 cm³/mol. The SMILES string of the molecule is CC[C@@H](C)NC(=O)[C@H](CC)N(Cc1ccc(Cl)cc1Cl)C(=O)CN(c1ccc(F)c(F)c1)S(C)(=O)=O. The molecule has 2 aromatic carbocycles. The summed E-state index contributed by atoms with van der Waals surface area (Å²) < 4.78 is 53.0. The highest BCUT2D eigenvalue weighted by Gasteiger charge is 2.32. The van der Waals surface area contributed by atoms with Crippen LogP contribution in [-0.2, 0) is 26.2 Å². The van der Waals surface area contributed by atoms with Crippen LogP contribution >= 0.6 is 23.2 Å². The summed E-state index contributed by atoms with van der Waals surface area (Å²) in [5.41, 5.74) is 0.259. The third-order valence-corrected chi connectivity index (χ3v) is 7.34. The zero-order valence-electron chi connectivity index (χ0n) is 20.4. The molecule has 0 aromatic heterocycles. The van der Waals surface area contributed by atoms with Gasteiger partial charge in [-0.05, 0) is 49.6 Å². The largest absolute Gasteiger partial charge is 0.352 e. The number of hydrogen-bond acceptors (Lipinski definition) is 4. The van der Waals surface area contributed by atoms with Crippen LogP contribution < -0.4 is 9.62 Å². The Bertz CT molecular complexity index is 1210. The minimum atomic E-state index is -4.09.